The summed E-state index contributed by atoms with van der Waals surface area (Å²) < 4.78 is 5.73. The van der Waals surface area contributed by atoms with Crippen molar-refractivity contribution in [1.82, 2.24) is 20.5 Å². The molecule has 1 aliphatic heterocycles. The molecule has 0 bridgehead atoms. The Morgan fingerprint density at radius 3 is 2.52 bits per heavy atom. The Balaban J connectivity index is 1.39. The van der Waals surface area contributed by atoms with Crippen LogP contribution in [0.2, 0.25) is 0 Å². The Hall–Kier alpha value is -2.34. The third-order valence-corrected chi connectivity index (χ3v) is 5.87. The van der Waals surface area contributed by atoms with Crippen LogP contribution in [0.5, 0.6) is 0 Å². The van der Waals surface area contributed by atoms with Gasteiger partial charge in [-0.3, -0.25) is 9.89 Å². The molecule has 158 valence electrons. The number of aromatic nitrogens is 1. The van der Waals surface area contributed by atoms with Crippen LogP contribution >= 0.6 is 0 Å². The van der Waals surface area contributed by atoms with Gasteiger partial charge in [-0.05, 0) is 63.2 Å². The van der Waals surface area contributed by atoms with E-state index < -0.39 is 0 Å². The van der Waals surface area contributed by atoms with Crippen molar-refractivity contribution >= 4 is 5.96 Å². The predicted octanol–water partition coefficient (Wildman–Crippen LogP) is 3.43. The third kappa shape index (κ3) is 6.07. The van der Waals surface area contributed by atoms with Crippen molar-refractivity contribution in [2.45, 2.75) is 53.1 Å². The van der Waals surface area contributed by atoms with E-state index in [1.165, 1.54) is 24.0 Å². The molecule has 1 aromatic carbocycles. The normalized spacial score (nSPS) is 16.2. The van der Waals surface area contributed by atoms with Crippen LogP contribution in [-0.2, 0) is 19.5 Å². The summed E-state index contributed by atoms with van der Waals surface area (Å²) in [5.41, 5.74) is 3.72. The van der Waals surface area contributed by atoms with Gasteiger partial charge in [-0.15, -0.1) is 0 Å². The highest BCUT2D eigenvalue weighted by Gasteiger charge is 2.21. The van der Waals surface area contributed by atoms with Gasteiger partial charge in [0.25, 0.3) is 0 Å². The minimum absolute atomic E-state index is 0.667. The molecule has 0 radical (unpaired) electrons. The van der Waals surface area contributed by atoms with E-state index in [0.717, 1.165) is 62.4 Å². The largest absolute Gasteiger partial charge is 0.444 e. The van der Waals surface area contributed by atoms with Crippen LogP contribution in [0.25, 0.3) is 0 Å². The van der Waals surface area contributed by atoms with Crippen LogP contribution < -0.4 is 10.6 Å². The summed E-state index contributed by atoms with van der Waals surface area (Å²) in [5, 5.41) is 6.97. The van der Waals surface area contributed by atoms with Gasteiger partial charge < -0.3 is 15.1 Å². The van der Waals surface area contributed by atoms with E-state index in [2.05, 4.69) is 56.7 Å². The van der Waals surface area contributed by atoms with Crippen LogP contribution in [0.3, 0.4) is 0 Å². The fourth-order valence-corrected chi connectivity index (χ4v) is 3.86. The van der Waals surface area contributed by atoms with Crippen molar-refractivity contribution in [3.63, 3.8) is 0 Å². The molecule has 0 spiro atoms. The lowest BCUT2D eigenvalue weighted by Crippen LogP contribution is -2.42. The second kappa shape index (κ2) is 10.4. The Bertz CT molecular complexity index is 786. The average molecular weight is 398 g/mol. The van der Waals surface area contributed by atoms with Gasteiger partial charge in [-0.1, -0.05) is 31.2 Å². The highest BCUT2D eigenvalue weighted by atomic mass is 16.4. The number of likely N-dealkylation sites (tertiary alicyclic amines) is 1. The maximum Gasteiger partial charge on any atom is 0.208 e. The highest BCUT2D eigenvalue weighted by Crippen LogP contribution is 2.19. The number of benzene rings is 1. The molecule has 2 aromatic rings. The Labute approximate surface area is 174 Å². The first-order valence-corrected chi connectivity index (χ1v) is 10.8. The van der Waals surface area contributed by atoms with Crippen LogP contribution in [0.1, 0.15) is 48.2 Å². The van der Waals surface area contributed by atoms with E-state index in [0.29, 0.717) is 5.92 Å². The van der Waals surface area contributed by atoms with Crippen molar-refractivity contribution < 1.29 is 4.42 Å². The molecule has 6 heteroatoms. The van der Waals surface area contributed by atoms with Gasteiger partial charge in [0.2, 0.25) is 5.89 Å². The number of aliphatic imine (C=N–C) groups is 1. The molecule has 1 aromatic heterocycles. The number of nitrogens with one attached hydrogen (secondary N) is 2. The summed E-state index contributed by atoms with van der Waals surface area (Å²) in [7, 11) is 1.84. The Morgan fingerprint density at radius 1 is 1.17 bits per heavy atom. The molecule has 0 aliphatic carbocycles. The lowest BCUT2D eigenvalue weighted by molar-refractivity contribution is 0.164. The van der Waals surface area contributed by atoms with Gasteiger partial charge in [0, 0.05) is 20.1 Å². The first kappa shape index (κ1) is 21.4. The molecule has 1 fully saturated rings. The highest BCUT2D eigenvalue weighted by molar-refractivity contribution is 5.79. The lowest BCUT2D eigenvalue weighted by atomic mass is 9.97. The quantitative estimate of drug-likeness (QED) is 0.553. The number of guanidine groups is 1. The zero-order valence-electron chi connectivity index (χ0n) is 18.3. The van der Waals surface area contributed by atoms with Crippen LogP contribution in [0.15, 0.2) is 33.7 Å². The van der Waals surface area contributed by atoms with Crippen molar-refractivity contribution in [3.05, 3.63) is 52.7 Å². The third-order valence-electron chi connectivity index (χ3n) is 5.87. The molecule has 0 amide bonds. The summed E-state index contributed by atoms with van der Waals surface area (Å²) in [6, 6.07) is 8.58. The molecule has 29 heavy (non-hydrogen) atoms. The number of hydrogen-bond acceptors (Lipinski definition) is 4. The van der Waals surface area contributed by atoms with Gasteiger partial charge in [0.05, 0.1) is 12.2 Å². The zero-order chi connectivity index (χ0) is 20.6. The maximum atomic E-state index is 5.73. The van der Waals surface area contributed by atoms with Crippen LogP contribution in [0, 0.1) is 19.8 Å². The first-order chi connectivity index (χ1) is 14.1. The van der Waals surface area contributed by atoms with Crippen LogP contribution in [0.4, 0.5) is 0 Å². The molecule has 2 heterocycles. The molecule has 0 saturated carbocycles. The topological polar surface area (TPSA) is 65.7 Å². The van der Waals surface area contributed by atoms with E-state index in [4.69, 9.17) is 4.42 Å². The second-order valence-electron chi connectivity index (χ2n) is 7.90. The number of rotatable bonds is 7. The summed E-state index contributed by atoms with van der Waals surface area (Å²) in [4.78, 5) is 11.3. The van der Waals surface area contributed by atoms with Crippen molar-refractivity contribution in [2.75, 3.05) is 26.7 Å². The summed E-state index contributed by atoms with van der Waals surface area (Å²) in [6.45, 7) is 10.9. The first-order valence-electron chi connectivity index (χ1n) is 10.8. The number of piperidine rings is 1. The van der Waals surface area contributed by atoms with E-state index in [9.17, 15) is 0 Å². The van der Waals surface area contributed by atoms with E-state index in [1.54, 1.807) is 0 Å². The molecule has 0 atom stereocenters. The summed E-state index contributed by atoms with van der Waals surface area (Å²) in [6.07, 6.45) is 3.41. The van der Waals surface area contributed by atoms with Crippen molar-refractivity contribution in [3.8, 4) is 0 Å². The Kier molecular flexibility index (Phi) is 7.69. The SMILES string of the molecule is CCc1ccccc1CNC(=NC)NCC1CCN(Cc2nc(C)c(C)o2)CC1. The number of nitrogens with zero attached hydrogens (tertiary/aromatic N) is 3. The summed E-state index contributed by atoms with van der Waals surface area (Å²) >= 11 is 0. The molecule has 1 saturated heterocycles. The van der Waals surface area contributed by atoms with E-state index in [1.807, 2.05) is 20.9 Å². The number of hydrogen-bond donors (Lipinski definition) is 2. The molecular formula is C23H35N5O. The zero-order valence-corrected chi connectivity index (χ0v) is 18.3. The molecule has 0 unspecified atom stereocenters. The maximum absolute atomic E-state index is 5.73. The second-order valence-corrected chi connectivity index (χ2v) is 7.90. The standard InChI is InChI=1S/C23H35N5O/c1-5-20-8-6-7-9-21(20)15-26-23(24-4)25-14-19-10-12-28(13-11-19)16-22-27-17(2)18(3)29-22/h6-9,19H,5,10-16H2,1-4H3,(H2,24,25,26). The van der Waals surface area contributed by atoms with Crippen LogP contribution in [-0.4, -0.2) is 42.5 Å². The van der Waals surface area contributed by atoms with E-state index >= 15 is 0 Å². The average Bonchev–Trinajstić information content (AvgIpc) is 3.06. The minimum atomic E-state index is 0.667. The Morgan fingerprint density at radius 2 is 1.90 bits per heavy atom. The van der Waals surface area contributed by atoms with Crippen molar-refractivity contribution in [2.24, 2.45) is 10.9 Å². The molecule has 3 rings (SSSR count). The van der Waals surface area contributed by atoms with E-state index in [-0.39, 0.29) is 0 Å². The fourth-order valence-electron chi connectivity index (χ4n) is 3.86. The monoisotopic (exact) mass is 397 g/mol. The smallest absolute Gasteiger partial charge is 0.208 e. The number of oxazole rings is 1. The number of aryl methyl sites for hydroxylation is 3. The van der Waals surface area contributed by atoms with Gasteiger partial charge in [-0.25, -0.2) is 4.98 Å². The predicted molar refractivity (Wildman–Crippen MR) is 118 cm³/mol. The van der Waals surface area contributed by atoms with Crippen molar-refractivity contribution in [1.29, 1.82) is 0 Å². The molecule has 2 N–H and O–H groups in total. The molecular weight excluding hydrogens is 362 g/mol. The van der Waals surface area contributed by atoms with Gasteiger partial charge in [-0.2, -0.15) is 0 Å². The lowest BCUT2D eigenvalue weighted by Gasteiger charge is -2.31. The van der Waals surface area contributed by atoms with Gasteiger partial charge in [0.15, 0.2) is 5.96 Å². The fraction of sp³-hybridized carbons (Fsp3) is 0.565. The minimum Gasteiger partial charge on any atom is -0.444 e. The van der Waals surface area contributed by atoms with Gasteiger partial charge >= 0.3 is 0 Å². The van der Waals surface area contributed by atoms with Gasteiger partial charge in [0.1, 0.15) is 5.76 Å². The molecule has 6 nitrogen and oxygen atoms in total. The summed E-state index contributed by atoms with van der Waals surface area (Å²) in [5.74, 6) is 3.32. The molecule has 1 aliphatic rings.